The number of fused-ring (bicyclic) bond motifs is 8. The fraction of sp³-hybridized carbons (Fsp3) is 0. The van der Waals surface area contributed by atoms with Crippen molar-refractivity contribution in [1.82, 2.24) is 14.8 Å². The highest BCUT2D eigenvalue weighted by Gasteiger charge is 2.19. The minimum Gasteiger partial charge on any atom is -0.309 e. The summed E-state index contributed by atoms with van der Waals surface area (Å²) in [6.45, 7) is 0. The number of hydrogen-bond donors (Lipinski definition) is 0. The lowest BCUT2D eigenvalue weighted by Crippen LogP contribution is -1.98. The van der Waals surface area contributed by atoms with Crippen LogP contribution in [0.5, 0.6) is 0 Å². The Bertz CT molecular complexity index is 2810. The third-order valence-electron chi connectivity index (χ3n) is 9.38. The van der Waals surface area contributed by atoms with Crippen LogP contribution in [0, 0.1) is 0 Å². The van der Waals surface area contributed by atoms with Crippen LogP contribution in [0.25, 0.3) is 91.5 Å². The fourth-order valence-corrected chi connectivity index (χ4v) is 8.48. The van der Waals surface area contributed by atoms with Crippen LogP contribution in [0.2, 0.25) is 0 Å². The summed E-state index contributed by atoms with van der Waals surface area (Å²) in [4.78, 5) is 0. The van der Waals surface area contributed by atoms with Crippen molar-refractivity contribution in [3.63, 3.8) is 0 Å². The van der Waals surface area contributed by atoms with Gasteiger partial charge in [0.1, 0.15) is 0 Å². The predicted octanol–water partition coefficient (Wildman–Crippen LogP) is 11.6. The zero-order chi connectivity index (χ0) is 30.2. The third kappa shape index (κ3) is 3.71. The van der Waals surface area contributed by atoms with E-state index in [0.29, 0.717) is 0 Å². The van der Waals surface area contributed by atoms with Gasteiger partial charge in [-0.05, 0) is 63.9 Å². The molecule has 4 heteroatoms. The van der Waals surface area contributed by atoms with Crippen molar-refractivity contribution < 1.29 is 0 Å². The molecule has 0 atom stereocenters. The molecule has 0 aliphatic carbocycles. The van der Waals surface area contributed by atoms with Gasteiger partial charge in [-0.1, -0.05) is 103 Å². The van der Waals surface area contributed by atoms with E-state index in [4.69, 9.17) is 0 Å². The zero-order valence-electron chi connectivity index (χ0n) is 24.7. The molecular formula is C42H25N3S. The lowest BCUT2D eigenvalue weighted by atomic mass is 9.97. The summed E-state index contributed by atoms with van der Waals surface area (Å²) in [5.41, 5.74) is 8.26. The van der Waals surface area contributed by atoms with Crippen LogP contribution >= 0.6 is 11.3 Å². The van der Waals surface area contributed by atoms with Crippen molar-refractivity contribution in [1.29, 1.82) is 0 Å². The van der Waals surface area contributed by atoms with E-state index in [0.717, 1.165) is 16.5 Å². The quantitative estimate of drug-likeness (QED) is 0.201. The molecule has 0 radical (unpaired) electrons. The van der Waals surface area contributed by atoms with Gasteiger partial charge < -0.3 is 4.57 Å². The molecule has 0 bridgehead atoms. The molecule has 0 saturated carbocycles. The van der Waals surface area contributed by atoms with E-state index < -0.39 is 0 Å². The maximum Gasteiger partial charge on any atom is 0.0596 e. The van der Waals surface area contributed by atoms with Crippen molar-refractivity contribution in [3.05, 3.63) is 152 Å². The first-order valence-corrected chi connectivity index (χ1v) is 16.3. The van der Waals surface area contributed by atoms with Gasteiger partial charge in [-0.3, -0.25) is 0 Å². The Hall–Kier alpha value is -5.84. The van der Waals surface area contributed by atoms with Gasteiger partial charge in [-0.2, -0.15) is 10.2 Å². The second-order valence-corrected chi connectivity index (χ2v) is 12.9. The second kappa shape index (κ2) is 9.83. The normalized spacial score (nSPS) is 11.9. The molecule has 3 nitrogen and oxygen atoms in total. The van der Waals surface area contributed by atoms with E-state index in [-0.39, 0.29) is 0 Å². The smallest absolute Gasteiger partial charge is 0.0596 e. The average molecular weight is 604 g/mol. The molecule has 3 aromatic heterocycles. The van der Waals surface area contributed by atoms with Crippen molar-refractivity contribution in [2.24, 2.45) is 0 Å². The molecule has 0 unspecified atom stereocenters. The summed E-state index contributed by atoms with van der Waals surface area (Å²) in [5.74, 6) is 0. The molecule has 0 aliphatic rings. The number of rotatable bonds is 3. The second-order valence-electron chi connectivity index (χ2n) is 11.9. The fourth-order valence-electron chi connectivity index (χ4n) is 7.25. The highest BCUT2D eigenvalue weighted by Crippen LogP contribution is 2.44. The minimum atomic E-state index is 1.07. The Labute approximate surface area is 268 Å². The molecule has 0 amide bonds. The van der Waals surface area contributed by atoms with E-state index in [1.165, 1.54) is 75.0 Å². The Morgan fingerprint density at radius 3 is 2.07 bits per heavy atom. The summed E-state index contributed by atoms with van der Waals surface area (Å²) in [6, 6.07) is 50.7. The third-order valence-corrected chi connectivity index (χ3v) is 10.6. The number of nitrogens with zero attached hydrogens (tertiary/aromatic N) is 3. The Morgan fingerprint density at radius 1 is 0.435 bits per heavy atom. The van der Waals surface area contributed by atoms with Gasteiger partial charge in [0.05, 0.1) is 29.1 Å². The van der Waals surface area contributed by atoms with Crippen LogP contribution in [-0.2, 0) is 0 Å². The number of thiophene rings is 1. The molecule has 3 heterocycles. The molecule has 46 heavy (non-hydrogen) atoms. The largest absolute Gasteiger partial charge is 0.309 e. The van der Waals surface area contributed by atoms with E-state index in [9.17, 15) is 0 Å². The minimum absolute atomic E-state index is 1.07. The standard InChI is InChI=1S/C42H25N3S/c1-2-9-26(10-3-1)29-17-19-38-34(22-29)35-21-27-11-4-5-12-28(27)23-40(35)45(38)39-20-18-30(36-24-43-44-25-37(36)39)32-14-8-15-33-31-13-6-7-16-41(31)46-42(32)33/h1-25H. The molecule has 214 valence electrons. The SMILES string of the molecule is c1ccc(-c2ccc3c(c2)c2cc4ccccc4cc2n3-c2ccc(-c3cccc4c3sc3ccccc34)c3cnncc23)cc1. The van der Waals surface area contributed by atoms with Crippen LogP contribution in [0.15, 0.2) is 152 Å². The first-order valence-electron chi connectivity index (χ1n) is 15.5. The lowest BCUT2D eigenvalue weighted by molar-refractivity contribution is 1.05. The lowest BCUT2D eigenvalue weighted by Gasteiger charge is -2.15. The Balaban J connectivity index is 1.28. The van der Waals surface area contributed by atoms with Gasteiger partial charge in [-0.25, -0.2) is 0 Å². The number of hydrogen-bond acceptors (Lipinski definition) is 3. The predicted molar refractivity (Wildman–Crippen MR) is 195 cm³/mol. The maximum absolute atomic E-state index is 4.42. The summed E-state index contributed by atoms with van der Waals surface area (Å²) in [7, 11) is 0. The van der Waals surface area contributed by atoms with Crippen LogP contribution < -0.4 is 0 Å². The first-order chi connectivity index (χ1) is 22.8. The van der Waals surface area contributed by atoms with Gasteiger partial charge in [0, 0.05) is 47.3 Å². The maximum atomic E-state index is 4.42. The summed E-state index contributed by atoms with van der Waals surface area (Å²) >= 11 is 1.86. The first kappa shape index (κ1) is 25.5. The van der Waals surface area contributed by atoms with Crippen LogP contribution in [0.3, 0.4) is 0 Å². The Morgan fingerprint density at radius 2 is 1.17 bits per heavy atom. The van der Waals surface area contributed by atoms with Gasteiger partial charge in [0.15, 0.2) is 0 Å². The van der Waals surface area contributed by atoms with E-state index in [2.05, 4.69) is 154 Å². The van der Waals surface area contributed by atoms with Gasteiger partial charge >= 0.3 is 0 Å². The number of benzene rings is 7. The molecule has 7 aromatic carbocycles. The molecule has 10 rings (SSSR count). The van der Waals surface area contributed by atoms with Crippen LogP contribution in [-0.4, -0.2) is 14.8 Å². The van der Waals surface area contributed by atoms with Crippen molar-refractivity contribution >= 4 is 74.9 Å². The van der Waals surface area contributed by atoms with Gasteiger partial charge in [-0.15, -0.1) is 11.3 Å². The molecule has 0 aliphatic heterocycles. The van der Waals surface area contributed by atoms with Crippen molar-refractivity contribution in [2.75, 3.05) is 0 Å². The molecule has 0 spiro atoms. The number of aromatic nitrogens is 3. The summed E-state index contributed by atoms with van der Waals surface area (Å²) in [6.07, 6.45) is 3.85. The zero-order valence-corrected chi connectivity index (χ0v) is 25.5. The molecule has 10 aromatic rings. The highest BCUT2D eigenvalue weighted by molar-refractivity contribution is 7.26. The Kier molecular flexibility index (Phi) is 5.45. The van der Waals surface area contributed by atoms with Gasteiger partial charge in [0.25, 0.3) is 0 Å². The monoisotopic (exact) mass is 603 g/mol. The summed E-state index contributed by atoms with van der Waals surface area (Å²) < 4.78 is 5.02. The molecule has 0 saturated heterocycles. The van der Waals surface area contributed by atoms with Crippen molar-refractivity contribution in [3.8, 4) is 27.9 Å². The van der Waals surface area contributed by atoms with E-state index in [1.54, 1.807) is 0 Å². The van der Waals surface area contributed by atoms with Crippen LogP contribution in [0.4, 0.5) is 0 Å². The van der Waals surface area contributed by atoms with E-state index in [1.807, 2.05) is 23.7 Å². The highest BCUT2D eigenvalue weighted by atomic mass is 32.1. The molecule has 0 N–H and O–H groups in total. The van der Waals surface area contributed by atoms with Gasteiger partial charge in [0.2, 0.25) is 0 Å². The molecule has 0 fully saturated rings. The topological polar surface area (TPSA) is 30.7 Å². The molecular weight excluding hydrogens is 579 g/mol. The average Bonchev–Trinajstić information content (AvgIpc) is 3.66. The van der Waals surface area contributed by atoms with Crippen molar-refractivity contribution in [2.45, 2.75) is 0 Å². The summed E-state index contributed by atoms with van der Waals surface area (Å²) in [5, 5.41) is 18.5. The van der Waals surface area contributed by atoms with Crippen LogP contribution in [0.1, 0.15) is 0 Å². The van der Waals surface area contributed by atoms with E-state index >= 15 is 0 Å².